The predicted molar refractivity (Wildman–Crippen MR) is 88.3 cm³/mol. The number of nitrogens with two attached hydrogens (primary N) is 1. The smallest absolute Gasteiger partial charge is 0.223 e. The minimum atomic E-state index is 0.238. The van der Waals surface area contributed by atoms with E-state index in [1.807, 2.05) is 35.0 Å². The topological polar surface area (TPSA) is 75.2 Å². The summed E-state index contributed by atoms with van der Waals surface area (Å²) < 4.78 is 13.3. The van der Waals surface area contributed by atoms with Crippen molar-refractivity contribution in [2.45, 2.75) is 6.54 Å². The first-order chi connectivity index (χ1) is 10.6. The van der Waals surface area contributed by atoms with Gasteiger partial charge in [0.05, 0.1) is 19.6 Å². The Morgan fingerprint density at radius 2 is 1.82 bits per heavy atom. The summed E-state index contributed by atoms with van der Waals surface area (Å²) in [5.41, 5.74) is 7.55. The van der Waals surface area contributed by atoms with Gasteiger partial charge in [-0.05, 0) is 39.7 Å². The van der Waals surface area contributed by atoms with Crippen molar-refractivity contribution in [3.63, 3.8) is 0 Å². The van der Waals surface area contributed by atoms with E-state index in [2.05, 4.69) is 25.9 Å². The van der Waals surface area contributed by atoms with Crippen molar-refractivity contribution in [2.24, 2.45) is 0 Å². The Morgan fingerprint density at radius 1 is 1.14 bits per heavy atom. The van der Waals surface area contributed by atoms with Gasteiger partial charge in [0.15, 0.2) is 0 Å². The largest absolute Gasteiger partial charge is 0.497 e. The number of rotatable bonds is 4. The van der Waals surface area contributed by atoms with Gasteiger partial charge in [-0.1, -0.05) is 0 Å². The van der Waals surface area contributed by atoms with Crippen LogP contribution in [0.2, 0.25) is 0 Å². The number of hydrogen-bond donors (Lipinski definition) is 1. The molecule has 0 saturated heterocycles. The van der Waals surface area contributed by atoms with E-state index >= 15 is 0 Å². The van der Waals surface area contributed by atoms with Crippen LogP contribution in [0.15, 0.2) is 35.1 Å². The van der Waals surface area contributed by atoms with Gasteiger partial charge < -0.3 is 19.8 Å². The van der Waals surface area contributed by atoms with Crippen LogP contribution in [-0.2, 0) is 6.54 Å². The summed E-state index contributed by atoms with van der Waals surface area (Å²) in [7, 11) is 3.27. The van der Waals surface area contributed by atoms with Crippen LogP contribution in [0.25, 0.3) is 11.0 Å². The number of nitrogen functional groups attached to an aromatic ring is 1. The van der Waals surface area contributed by atoms with E-state index in [9.17, 15) is 0 Å². The highest BCUT2D eigenvalue weighted by Crippen LogP contribution is 2.26. The molecular formula is C15H15BrN4O2. The molecule has 0 unspecified atom stereocenters. The van der Waals surface area contributed by atoms with Gasteiger partial charge in [0.25, 0.3) is 0 Å². The SMILES string of the molecule is COc1cc(Cn2ccc3c(Br)nc(N)nc32)cc(OC)c1. The zero-order valence-corrected chi connectivity index (χ0v) is 13.8. The van der Waals surface area contributed by atoms with E-state index in [-0.39, 0.29) is 5.95 Å². The maximum Gasteiger partial charge on any atom is 0.223 e. The maximum absolute atomic E-state index is 5.73. The van der Waals surface area contributed by atoms with E-state index in [0.717, 1.165) is 28.1 Å². The van der Waals surface area contributed by atoms with Gasteiger partial charge in [0.1, 0.15) is 21.7 Å². The summed E-state index contributed by atoms with van der Waals surface area (Å²) in [6.07, 6.45) is 1.95. The number of aromatic nitrogens is 3. The van der Waals surface area contributed by atoms with Crippen LogP contribution in [0.4, 0.5) is 5.95 Å². The lowest BCUT2D eigenvalue weighted by molar-refractivity contribution is 0.393. The van der Waals surface area contributed by atoms with Gasteiger partial charge >= 0.3 is 0 Å². The molecule has 3 aromatic rings. The lowest BCUT2D eigenvalue weighted by Crippen LogP contribution is -2.03. The number of methoxy groups -OCH3 is 2. The number of halogens is 1. The number of anilines is 1. The molecule has 2 heterocycles. The van der Waals surface area contributed by atoms with E-state index in [1.165, 1.54) is 0 Å². The highest BCUT2D eigenvalue weighted by atomic mass is 79.9. The molecular weight excluding hydrogens is 348 g/mol. The van der Waals surface area contributed by atoms with Gasteiger partial charge in [-0.2, -0.15) is 4.98 Å². The summed E-state index contributed by atoms with van der Waals surface area (Å²) in [4.78, 5) is 8.42. The average Bonchev–Trinajstić information content (AvgIpc) is 2.90. The predicted octanol–water partition coefficient (Wildman–Crippen LogP) is 2.84. The van der Waals surface area contributed by atoms with Crippen molar-refractivity contribution in [1.82, 2.24) is 14.5 Å². The first-order valence-corrected chi connectivity index (χ1v) is 7.40. The lowest BCUT2D eigenvalue weighted by atomic mass is 10.2. The molecule has 6 nitrogen and oxygen atoms in total. The average molecular weight is 363 g/mol. The normalized spacial score (nSPS) is 10.9. The third kappa shape index (κ3) is 2.71. The third-order valence-corrected chi connectivity index (χ3v) is 3.96. The fourth-order valence-corrected chi connectivity index (χ4v) is 2.82. The molecule has 0 atom stereocenters. The molecule has 0 aliphatic heterocycles. The van der Waals surface area contributed by atoms with E-state index in [4.69, 9.17) is 15.2 Å². The number of nitrogens with zero attached hydrogens (tertiary/aromatic N) is 3. The van der Waals surface area contributed by atoms with Gasteiger partial charge in [-0.3, -0.25) is 0 Å². The molecule has 22 heavy (non-hydrogen) atoms. The molecule has 0 aliphatic carbocycles. The first kappa shape index (κ1) is 14.6. The summed E-state index contributed by atoms with van der Waals surface area (Å²) in [6, 6.07) is 7.73. The van der Waals surface area contributed by atoms with Gasteiger partial charge in [-0.15, -0.1) is 0 Å². The highest BCUT2D eigenvalue weighted by Gasteiger charge is 2.10. The summed E-state index contributed by atoms with van der Waals surface area (Å²) in [5.74, 6) is 1.74. The Hall–Kier alpha value is -2.28. The Balaban J connectivity index is 2.03. The van der Waals surface area contributed by atoms with Crippen LogP contribution in [0.3, 0.4) is 0 Å². The van der Waals surface area contributed by atoms with Crippen LogP contribution in [0.5, 0.6) is 11.5 Å². The molecule has 0 bridgehead atoms. The van der Waals surface area contributed by atoms with Gasteiger partial charge in [-0.25, -0.2) is 4.98 Å². The molecule has 0 radical (unpaired) electrons. The van der Waals surface area contributed by atoms with E-state index < -0.39 is 0 Å². The second-order valence-electron chi connectivity index (χ2n) is 4.77. The molecule has 2 aromatic heterocycles. The molecule has 0 spiro atoms. The van der Waals surface area contributed by atoms with Crippen LogP contribution in [0, 0.1) is 0 Å². The molecule has 0 saturated carbocycles. The van der Waals surface area contributed by atoms with E-state index in [0.29, 0.717) is 11.1 Å². The fraction of sp³-hybridized carbons (Fsp3) is 0.200. The molecule has 0 amide bonds. The highest BCUT2D eigenvalue weighted by molar-refractivity contribution is 9.10. The van der Waals surface area contributed by atoms with Crippen molar-refractivity contribution < 1.29 is 9.47 Å². The molecule has 0 fully saturated rings. The Labute approximate surface area is 136 Å². The fourth-order valence-electron chi connectivity index (χ4n) is 2.33. The Kier molecular flexibility index (Phi) is 3.89. The second kappa shape index (κ2) is 5.84. The van der Waals surface area contributed by atoms with E-state index in [1.54, 1.807) is 14.2 Å². The first-order valence-electron chi connectivity index (χ1n) is 6.60. The maximum atomic E-state index is 5.73. The number of ether oxygens (including phenoxy) is 2. The Bertz CT molecular complexity index is 810. The summed E-state index contributed by atoms with van der Waals surface area (Å²) in [6.45, 7) is 0.625. The van der Waals surface area contributed by atoms with Crippen LogP contribution >= 0.6 is 15.9 Å². The van der Waals surface area contributed by atoms with Crippen LogP contribution in [0.1, 0.15) is 5.56 Å². The van der Waals surface area contributed by atoms with Gasteiger partial charge in [0, 0.05) is 18.8 Å². The second-order valence-corrected chi connectivity index (χ2v) is 5.53. The summed E-state index contributed by atoms with van der Waals surface area (Å²) >= 11 is 3.41. The lowest BCUT2D eigenvalue weighted by Gasteiger charge is -2.10. The zero-order valence-electron chi connectivity index (χ0n) is 12.2. The van der Waals surface area contributed by atoms with Crippen LogP contribution < -0.4 is 15.2 Å². The molecule has 1 aromatic carbocycles. The van der Waals surface area contributed by atoms with Crippen LogP contribution in [-0.4, -0.2) is 28.8 Å². The molecule has 114 valence electrons. The van der Waals surface area contributed by atoms with Crippen molar-refractivity contribution in [2.75, 3.05) is 20.0 Å². The van der Waals surface area contributed by atoms with Crippen molar-refractivity contribution >= 4 is 32.9 Å². The van der Waals surface area contributed by atoms with Crippen molar-refractivity contribution in [1.29, 1.82) is 0 Å². The molecule has 3 rings (SSSR count). The quantitative estimate of drug-likeness (QED) is 0.722. The van der Waals surface area contributed by atoms with Crippen molar-refractivity contribution in [3.05, 3.63) is 40.6 Å². The third-order valence-electron chi connectivity index (χ3n) is 3.35. The summed E-state index contributed by atoms with van der Waals surface area (Å²) in [5, 5.41) is 0.920. The Morgan fingerprint density at radius 3 is 2.45 bits per heavy atom. The molecule has 7 heteroatoms. The zero-order chi connectivity index (χ0) is 15.7. The molecule has 0 aliphatic rings. The number of benzene rings is 1. The monoisotopic (exact) mass is 362 g/mol. The minimum absolute atomic E-state index is 0.238. The standard InChI is InChI=1S/C15H15BrN4O2/c1-21-10-5-9(6-11(7-10)22-2)8-20-4-3-12-13(16)18-15(17)19-14(12)20/h3-7H,8H2,1-2H3,(H2,17,18,19). The van der Waals surface area contributed by atoms with Crippen molar-refractivity contribution in [3.8, 4) is 11.5 Å². The number of fused-ring (bicyclic) bond motifs is 1. The molecule has 2 N–H and O–H groups in total. The number of hydrogen-bond acceptors (Lipinski definition) is 5. The van der Waals surface area contributed by atoms with Gasteiger partial charge in [0.2, 0.25) is 5.95 Å². The minimum Gasteiger partial charge on any atom is -0.497 e.